The van der Waals surface area contributed by atoms with E-state index in [-0.39, 0.29) is 29.4 Å². The SMILES string of the molecule is CCCOC(=O)Cc1c(C)n(C(=O)c2ccc(C(F)(F)F)cc2)c2cc(Cl)c(O)cc12. The molecule has 164 valence electrons. The lowest BCUT2D eigenvalue weighted by molar-refractivity contribution is -0.142. The van der Waals surface area contributed by atoms with Crippen LogP contribution in [0.4, 0.5) is 13.2 Å². The van der Waals surface area contributed by atoms with Crippen molar-refractivity contribution < 1.29 is 32.6 Å². The van der Waals surface area contributed by atoms with Crippen molar-refractivity contribution in [3.63, 3.8) is 0 Å². The number of benzene rings is 2. The Morgan fingerprint density at radius 1 is 1.16 bits per heavy atom. The number of fused-ring (bicyclic) bond motifs is 1. The summed E-state index contributed by atoms with van der Waals surface area (Å²) >= 11 is 6.03. The van der Waals surface area contributed by atoms with Gasteiger partial charge in [0.15, 0.2) is 0 Å². The van der Waals surface area contributed by atoms with E-state index in [9.17, 15) is 27.9 Å². The molecule has 5 nitrogen and oxygen atoms in total. The second-order valence-electron chi connectivity index (χ2n) is 7.00. The van der Waals surface area contributed by atoms with Gasteiger partial charge in [0.25, 0.3) is 5.91 Å². The van der Waals surface area contributed by atoms with Crippen molar-refractivity contribution in [3.8, 4) is 5.75 Å². The standard InChI is InChI=1S/C22H19ClF3NO4/c1-3-8-31-20(29)10-15-12(2)27(18-11-17(23)19(28)9-16(15)18)21(30)13-4-6-14(7-5-13)22(24,25)26/h4-7,9,11,28H,3,8,10H2,1-2H3. The van der Waals surface area contributed by atoms with E-state index in [1.54, 1.807) is 6.92 Å². The average Bonchev–Trinajstić information content (AvgIpc) is 2.96. The Morgan fingerprint density at radius 2 is 1.81 bits per heavy atom. The molecule has 3 rings (SSSR count). The number of hydrogen-bond acceptors (Lipinski definition) is 4. The third-order valence-corrected chi connectivity index (χ3v) is 5.16. The number of ether oxygens (including phenoxy) is 1. The normalized spacial score (nSPS) is 11.7. The molecule has 0 aliphatic heterocycles. The van der Waals surface area contributed by atoms with Crippen molar-refractivity contribution in [1.29, 1.82) is 0 Å². The van der Waals surface area contributed by atoms with E-state index in [0.29, 0.717) is 28.6 Å². The number of rotatable bonds is 5. The molecule has 0 saturated heterocycles. The summed E-state index contributed by atoms with van der Waals surface area (Å²) in [4.78, 5) is 25.4. The van der Waals surface area contributed by atoms with Crippen LogP contribution in [-0.4, -0.2) is 28.2 Å². The molecule has 3 aromatic rings. The molecule has 0 unspecified atom stereocenters. The number of nitrogens with zero attached hydrogens (tertiary/aromatic N) is 1. The summed E-state index contributed by atoms with van der Waals surface area (Å²) in [6, 6.07) is 6.57. The third-order valence-electron chi connectivity index (χ3n) is 4.85. The van der Waals surface area contributed by atoms with Crippen LogP contribution in [0.5, 0.6) is 5.75 Å². The number of carbonyl (C=O) groups excluding carboxylic acids is 2. The molecular weight excluding hydrogens is 435 g/mol. The van der Waals surface area contributed by atoms with E-state index in [1.165, 1.54) is 16.7 Å². The fourth-order valence-corrected chi connectivity index (χ4v) is 3.47. The highest BCUT2D eigenvalue weighted by Crippen LogP contribution is 2.35. The van der Waals surface area contributed by atoms with Gasteiger partial charge in [-0.15, -0.1) is 0 Å². The molecule has 0 atom stereocenters. The van der Waals surface area contributed by atoms with E-state index in [0.717, 1.165) is 24.3 Å². The van der Waals surface area contributed by atoms with Gasteiger partial charge < -0.3 is 9.84 Å². The third kappa shape index (κ3) is 4.54. The van der Waals surface area contributed by atoms with Gasteiger partial charge in [-0.05, 0) is 55.3 Å². The fraction of sp³-hybridized carbons (Fsp3) is 0.273. The van der Waals surface area contributed by atoms with Gasteiger partial charge in [-0.25, -0.2) is 0 Å². The zero-order valence-electron chi connectivity index (χ0n) is 16.7. The first-order valence-electron chi connectivity index (χ1n) is 9.44. The Morgan fingerprint density at radius 3 is 2.39 bits per heavy atom. The van der Waals surface area contributed by atoms with Gasteiger partial charge in [0, 0.05) is 16.6 Å². The summed E-state index contributed by atoms with van der Waals surface area (Å²) in [5.74, 6) is -1.32. The zero-order valence-corrected chi connectivity index (χ0v) is 17.5. The van der Waals surface area contributed by atoms with Crippen LogP contribution in [0.1, 0.15) is 40.5 Å². The first-order valence-corrected chi connectivity index (χ1v) is 9.82. The number of esters is 1. The Labute approximate surface area is 181 Å². The molecule has 1 aromatic heterocycles. The molecule has 1 N–H and O–H groups in total. The van der Waals surface area contributed by atoms with Crippen LogP contribution in [0.3, 0.4) is 0 Å². The summed E-state index contributed by atoms with van der Waals surface area (Å²) in [6.07, 6.45) is -4.01. The molecule has 0 radical (unpaired) electrons. The number of aromatic nitrogens is 1. The predicted molar refractivity (Wildman–Crippen MR) is 109 cm³/mol. The molecule has 1 heterocycles. The lowest BCUT2D eigenvalue weighted by Crippen LogP contribution is -2.15. The molecule has 0 spiro atoms. The molecule has 0 bridgehead atoms. The van der Waals surface area contributed by atoms with Crippen LogP contribution < -0.4 is 0 Å². The summed E-state index contributed by atoms with van der Waals surface area (Å²) in [6.45, 7) is 3.71. The van der Waals surface area contributed by atoms with Gasteiger partial charge in [0.2, 0.25) is 0 Å². The lowest BCUT2D eigenvalue weighted by Gasteiger charge is -2.10. The average molecular weight is 454 g/mol. The van der Waals surface area contributed by atoms with Gasteiger partial charge in [0.1, 0.15) is 5.75 Å². The van der Waals surface area contributed by atoms with Gasteiger partial charge in [0.05, 0.1) is 29.1 Å². The molecule has 0 aliphatic rings. The largest absolute Gasteiger partial charge is 0.506 e. The molecule has 0 amide bonds. The maximum atomic E-state index is 13.2. The molecule has 2 aromatic carbocycles. The van der Waals surface area contributed by atoms with Crippen LogP contribution in [0.15, 0.2) is 36.4 Å². The van der Waals surface area contributed by atoms with Gasteiger partial charge in [-0.3, -0.25) is 14.2 Å². The number of halogens is 4. The summed E-state index contributed by atoms with van der Waals surface area (Å²) in [7, 11) is 0. The second-order valence-corrected chi connectivity index (χ2v) is 7.40. The molecule has 0 saturated carbocycles. The minimum absolute atomic E-state index is 0.00780. The Balaban J connectivity index is 2.11. The van der Waals surface area contributed by atoms with Gasteiger partial charge >= 0.3 is 12.1 Å². The molecule has 31 heavy (non-hydrogen) atoms. The van der Waals surface area contributed by atoms with Crippen LogP contribution in [0.2, 0.25) is 5.02 Å². The zero-order chi connectivity index (χ0) is 22.9. The number of hydrogen-bond donors (Lipinski definition) is 1. The topological polar surface area (TPSA) is 68.5 Å². The summed E-state index contributed by atoms with van der Waals surface area (Å²) in [5.41, 5.74) is 0.338. The number of phenols is 1. The predicted octanol–water partition coefficient (Wildman–Crippen LogP) is 5.51. The van der Waals surface area contributed by atoms with Crippen LogP contribution >= 0.6 is 11.6 Å². The van der Waals surface area contributed by atoms with E-state index in [4.69, 9.17) is 16.3 Å². The molecular formula is C22H19ClF3NO4. The first kappa shape index (κ1) is 22.7. The van der Waals surface area contributed by atoms with Gasteiger partial charge in [-0.2, -0.15) is 13.2 Å². The smallest absolute Gasteiger partial charge is 0.416 e. The van der Waals surface area contributed by atoms with Crippen molar-refractivity contribution in [2.75, 3.05) is 6.61 Å². The van der Waals surface area contributed by atoms with E-state index in [2.05, 4.69) is 0 Å². The van der Waals surface area contributed by atoms with E-state index in [1.807, 2.05) is 6.92 Å². The quantitative estimate of drug-likeness (QED) is 0.517. The van der Waals surface area contributed by atoms with Crippen molar-refractivity contribution in [1.82, 2.24) is 4.57 Å². The van der Waals surface area contributed by atoms with Crippen LogP contribution in [0.25, 0.3) is 10.9 Å². The number of alkyl halides is 3. The van der Waals surface area contributed by atoms with Crippen molar-refractivity contribution >= 4 is 34.4 Å². The lowest BCUT2D eigenvalue weighted by atomic mass is 10.1. The Kier molecular flexibility index (Phi) is 6.31. The number of carbonyl (C=O) groups is 2. The molecule has 0 aliphatic carbocycles. The Hall–Kier alpha value is -3.00. The minimum Gasteiger partial charge on any atom is -0.506 e. The van der Waals surface area contributed by atoms with Crippen LogP contribution in [-0.2, 0) is 22.1 Å². The molecule has 0 fully saturated rings. The number of aromatic hydroxyl groups is 1. The van der Waals surface area contributed by atoms with Crippen molar-refractivity contribution in [2.24, 2.45) is 0 Å². The highest BCUT2D eigenvalue weighted by Gasteiger charge is 2.30. The molecule has 9 heteroatoms. The van der Waals surface area contributed by atoms with Gasteiger partial charge in [-0.1, -0.05) is 18.5 Å². The highest BCUT2D eigenvalue weighted by atomic mass is 35.5. The van der Waals surface area contributed by atoms with E-state index < -0.39 is 23.6 Å². The first-order chi connectivity index (χ1) is 14.5. The van der Waals surface area contributed by atoms with Crippen molar-refractivity contribution in [2.45, 2.75) is 32.9 Å². The summed E-state index contributed by atoms with van der Waals surface area (Å²) in [5, 5.41) is 10.4. The number of phenolic OH excluding ortho intramolecular Hbond substituents is 1. The maximum absolute atomic E-state index is 13.2. The monoisotopic (exact) mass is 453 g/mol. The van der Waals surface area contributed by atoms with Crippen LogP contribution in [0, 0.1) is 6.92 Å². The fourth-order valence-electron chi connectivity index (χ4n) is 3.32. The highest BCUT2D eigenvalue weighted by molar-refractivity contribution is 6.33. The Bertz CT molecular complexity index is 1150. The van der Waals surface area contributed by atoms with Crippen molar-refractivity contribution in [3.05, 3.63) is 63.8 Å². The van der Waals surface area contributed by atoms with E-state index >= 15 is 0 Å². The summed E-state index contributed by atoms with van der Waals surface area (Å²) < 4.78 is 44.9. The maximum Gasteiger partial charge on any atom is 0.416 e. The second kappa shape index (κ2) is 8.63. The minimum atomic E-state index is -4.52.